The van der Waals surface area contributed by atoms with Crippen LogP contribution in [0.1, 0.15) is 59.2 Å². The molecule has 2 aliphatic rings. The molecule has 1 N–H and O–H groups in total. The van der Waals surface area contributed by atoms with Crippen molar-refractivity contribution < 1.29 is 13.2 Å². The Bertz CT molecular complexity index is 1040. The summed E-state index contributed by atoms with van der Waals surface area (Å²) >= 11 is 0. The standard InChI is InChI=1S/C25H33N3O3S/c1-20-7-12-23(17-24(20)32(30,31)28-15-5-6-16-28)25(29)26-18-21-8-10-22(11-9-21)19-27-13-3-2-4-14-27/h7-12,17H,2-6,13-16,18-19H2,1H3,(H,26,29). The number of carbonyl (C=O) groups excluding carboxylic acids is 1. The van der Waals surface area contributed by atoms with Crippen molar-refractivity contribution in [2.75, 3.05) is 26.2 Å². The van der Waals surface area contributed by atoms with Crippen LogP contribution in [0.3, 0.4) is 0 Å². The van der Waals surface area contributed by atoms with Crippen molar-refractivity contribution in [1.82, 2.24) is 14.5 Å². The van der Waals surface area contributed by atoms with Crippen LogP contribution in [0.2, 0.25) is 0 Å². The maximum Gasteiger partial charge on any atom is 0.251 e. The van der Waals surface area contributed by atoms with Crippen LogP contribution in [-0.2, 0) is 23.1 Å². The number of sulfonamides is 1. The van der Waals surface area contributed by atoms with Gasteiger partial charge in [-0.05, 0) is 74.5 Å². The summed E-state index contributed by atoms with van der Waals surface area (Å²) in [5, 5.41) is 2.93. The summed E-state index contributed by atoms with van der Waals surface area (Å²) in [5.74, 6) is -0.264. The van der Waals surface area contributed by atoms with Crippen LogP contribution in [0.5, 0.6) is 0 Å². The quantitative estimate of drug-likeness (QED) is 0.691. The van der Waals surface area contributed by atoms with Crippen LogP contribution in [0, 0.1) is 6.92 Å². The second-order valence-electron chi connectivity index (χ2n) is 8.93. The second-order valence-corrected chi connectivity index (χ2v) is 10.8. The molecule has 2 saturated heterocycles. The highest BCUT2D eigenvalue weighted by Crippen LogP contribution is 2.24. The number of hydrogen-bond donors (Lipinski definition) is 1. The molecule has 32 heavy (non-hydrogen) atoms. The molecule has 0 atom stereocenters. The van der Waals surface area contributed by atoms with Gasteiger partial charge in [0.1, 0.15) is 0 Å². The Kier molecular flexibility index (Phi) is 7.28. The van der Waals surface area contributed by atoms with E-state index in [1.54, 1.807) is 19.1 Å². The normalized spacial score (nSPS) is 18.0. The number of benzene rings is 2. The van der Waals surface area contributed by atoms with E-state index < -0.39 is 10.0 Å². The van der Waals surface area contributed by atoms with Gasteiger partial charge in [0.15, 0.2) is 0 Å². The first-order valence-corrected chi connectivity index (χ1v) is 13.1. The second kappa shape index (κ2) is 10.1. The zero-order valence-electron chi connectivity index (χ0n) is 18.8. The maximum absolute atomic E-state index is 13.0. The van der Waals surface area contributed by atoms with E-state index in [1.807, 2.05) is 0 Å². The van der Waals surface area contributed by atoms with Crippen molar-refractivity contribution in [3.63, 3.8) is 0 Å². The minimum atomic E-state index is -3.56. The van der Waals surface area contributed by atoms with Gasteiger partial charge in [-0.3, -0.25) is 9.69 Å². The SMILES string of the molecule is Cc1ccc(C(=O)NCc2ccc(CN3CCCCC3)cc2)cc1S(=O)(=O)N1CCCC1. The summed E-state index contributed by atoms with van der Waals surface area (Å²) in [4.78, 5) is 15.5. The number of nitrogens with zero attached hydrogens (tertiary/aromatic N) is 2. The van der Waals surface area contributed by atoms with E-state index in [0.29, 0.717) is 30.8 Å². The van der Waals surface area contributed by atoms with Gasteiger partial charge >= 0.3 is 0 Å². The van der Waals surface area contributed by atoms with Gasteiger partial charge in [0.25, 0.3) is 5.91 Å². The van der Waals surface area contributed by atoms with E-state index in [0.717, 1.165) is 24.9 Å². The van der Waals surface area contributed by atoms with Crippen LogP contribution in [0.15, 0.2) is 47.4 Å². The molecule has 0 unspecified atom stereocenters. The van der Waals surface area contributed by atoms with E-state index in [9.17, 15) is 13.2 Å². The largest absolute Gasteiger partial charge is 0.348 e. The zero-order chi connectivity index (χ0) is 22.6. The van der Waals surface area contributed by atoms with Gasteiger partial charge in [-0.2, -0.15) is 4.31 Å². The molecule has 0 radical (unpaired) electrons. The lowest BCUT2D eigenvalue weighted by atomic mass is 10.1. The summed E-state index contributed by atoms with van der Waals surface area (Å²) in [6.45, 7) is 6.59. The molecule has 0 spiro atoms. The van der Waals surface area contributed by atoms with E-state index >= 15 is 0 Å². The number of amides is 1. The van der Waals surface area contributed by atoms with Crippen molar-refractivity contribution in [1.29, 1.82) is 0 Å². The molecule has 0 aliphatic carbocycles. The number of rotatable bonds is 7. The van der Waals surface area contributed by atoms with Crippen molar-refractivity contribution in [3.05, 3.63) is 64.7 Å². The Morgan fingerprint density at radius 2 is 1.50 bits per heavy atom. The van der Waals surface area contributed by atoms with Gasteiger partial charge in [-0.25, -0.2) is 8.42 Å². The first-order chi connectivity index (χ1) is 15.4. The smallest absolute Gasteiger partial charge is 0.251 e. The van der Waals surface area contributed by atoms with Crippen molar-refractivity contribution in [3.8, 4) is 0 Å². The predicted molar refractivity (Wildman–Crippen MR) is 126 cm³/mol. The third kappa shape index (κ3) is 5.39. The lowest BCUT2D eigenvalue weighted by molar-refractivity contribution is 0.0950. The van der Waals surface area contributed by atoms with Gasteiger partial charge in [0, 0.05) is 31.7 Å². The number of carbonyl (C=O) groups is 1. The van der Waals surface area contributed by atoms with Gasteiger partial charge < -0.3 is 5.32 Å². The molecule has 0 aromatic heterocycles. The molecular weight excluding hydrogens is 422 g/mol. The summed E-state index contributed by atoms with van der Waals surface area (Å²) in [6.07, 6.45) is 5.67. The fourth-order valence-electron chi connectivity index (χ4n) is 4.51. The molecule has 2 aliphatic heterocycles. The van der Waals surface area contributed by atoms with E-state index in [2.05, 4.69) is 34.5 Å². The van der Waals surface area contributed by atoms with Crippen molar-refractivity contribution >= 4 is 15.9 Å². The van der Waals surface area contributed by atoms with Gasteiger partial charge in [0.2, 0.25) is 10.0 Å². The molecule has 2 fully saturated rings. The monoisotopic (exact) mass is 455 g/mol. The average Bonchev–Trinajstić information content (AvgIpc) is 3.35. The third-order valence-electron chi connectivity index (χ3n) is 6.46. The number of nitrogens with one attached hydrogen (secondary N) is 1. The van der Waals surface area contributed by atoms with Crippen molar-refractivity contribution in [2.45, 2.75) is 57.0 Å². The highest BCUT2D eigenvalue weighted by Gasteiger charge is 2.29. The molecule has 4 rings (SSSR count). The first kappa shape index (κ1) is 23.0. The van der Waals surface area contributed by atoms with Crippen LogP contribution >= 0.6 is 0 Å². The predicted octanol–water partition coefficient (Wildman–Crippen LogP) is 3.70. The Hall–Kier alpha value is -2.22. The molecule has 2 heterocycles. The Morgan fingerprint density at radius 3 is 2.19 bits per heavy atom. The molecule has 6 nitrogen and oxygen atoms in total. The molecule has 2 aromatic carbocycles. The van der Waals surface area contributed by atoms with Crippen LogP contribution in [0.25, 0.3) is 0 Å². The van der Waals surface area contributed by atoms with E-state index in [1.165, 1.54) is 48.3 Å². The van der Waals surface area contributed by atoms with Crippen LogP contribution < -0.4 is 5.32 Å². The molecule has 7 heteroatoms. The Balaban J connectivity index is 1.37. The third-order valence-corrected chi connectivity index (χ3v) is 8.50. The van der Waals surface area contributed by atoms with Gasteiger partial charge in [-0.1, -0.05) is 36.8 Å². The summed E-state index contributed by atoms with van der Waals surface area (Å²) < 4.78 is 27.5. The molecule has 0 saturated carbocycles. The van der Waals surface area contributed by atoms with Gasteiger partial charge in [0.05, 0.1) is 4.90 Å². The number of hydrogen-bond acceptors (Lipinski definition) is 4. The number of piperidine rings is 1. The summed E-state index contributed by atoms with van der Waals surface area (Å²) in [5.41, 5.74) is 3.35. The fraction of sp³-hybridized carbons (Fsp3) is 0.480. The topological polar surface area (TPSA) is 69.7 Å². The summed E-state index contributed by atoms with van der Waals surface area (Å²) in [6, 6.07) is 13.3. The first-order valence-electron chi connectivity index (χ1n) is 11.6. The lowest BCUT2D eigenvalue weighted by Gasteiger charge is -2.26. The lowest BCUT2D eigenvalue weighted by Crippen LogP contribution is -2.29. The highest BCUT2D eigenvalue weighted by molar-refractivity contribution is 7.89. The van der Waals surface area contributed by atoms with Crippen molar-refractivity contribution in [2.24, 2.45) is 0 Å². The van der Waals surface area contributed by atoms with Crippen LogP contribution in [-0.4, -0.2) is 49.7 Å². The fourth-order valence-corrected chi connectivity index (χ4v) is 6.28. The molecule has 172 valence electrons. The van der Waals surface area contributed by atoms with E-state index in [-0.39, 0.29) is 10.8 Å². The van der Waals surface area contributed by atoms with Crippen LogP contribution in [0.4, 0.5) is 0 Å². The Labute approximate surface area is 191 Å². The molecule has 2 aromatic rings. The number of aryl methyl sites for hydroxylation is 1. The minimum Gasteiger partial charge on any atom is -0.348 e. The number of likely N-dealkylation sites (tertiary alicyclic amines) is 1. The maximum atomic E-state index is 13.0. The molecular formula is C25H33N3O3S. The zero-order valence-corrected chi connectivity index (χ0v) is 19.7. The molecule has 1 amide bonds. The molecule has 0 bridgehead atoms. The van der Waals surface area contributed by atoms with E-state index in [4.69, 9.17) is 0 Å². The average molecular weight is 456 g/mol. The van der Waals surface area contributed by atoms with Gasteiger partial charge in [-0.15, -0.1) is 0 Å². The minimum absolute atomic E-state index is 0.231. The highest BCUT2D eigenvalue weighted by atomic mass is 32.2. The Morgan fingerprint density at radius 1 is 0.875 bits per heavy atom. The summed E-state index contributed by atoms with van der Waals surface area (Å²) in [7, 11) is -3.56.